The van der Waals surface area contributed by atoms with Crippen molar-refractivity contribution in [1.29, 1.82) is 0 Å². The number of para-hydroxylation sites is 1. The van der Waals surface area contributed by atoms with Gasteiger partial charge in [0.05, 0.1) is 35.9 Å². The number of benzene rings is 3. The highest BCUT2D eigenvalue weighted by Gasteiger charge is 2.32. The third-order valence-electron chi connectivity index (χ3n) is 6.76. The Morgan fingerprint density at radius 2 is 1.69 bits per heavy atom. The van der Waals surface area contributed by atoms with E-state index in [9.17, 15) is 22.8 Å². The van der Waals surface area contributed by atoms with Crippen LogP contribution in [0.1, 0.15) is 21.6 Å². The zero-order valence-electron chi connectivity index (χ0n) is 22.7. The van der Waals surface area contributed by atoms with Gasteiger partial charge in [-0.3, -0.25) is 14.3 Å². The fourth-order valence-corrected chi connectivity index (χ4v) is 4.51. The van der Waals surface area contributed by atoms with E-state index in [1.165, 1.54) is 24.1 Å². The molecule has 0 bridgehead atoms. The molecule has 5 rings (SSSR count). The van der Waals surface area contributed by atoms with Crippen molar-refractivity contribution in [3.05, 3.63) is 106 Å². The predicted octanol–water partition coefficient (Wildman–Crippen LogP) is 5.47. The summed E-state index contributed by atoms with van der Waals surface area (Å²) in [6, 6.07) is 18.7. The van der Waals surface area contributed by atoms with Crippen LogP contribution >= 0.6 is 0 Å². The molecule has 2 aromatic heterocycles. The van der Waals surface area contributed by atoms with Crippen LogP contribution in [0.15, 0.2) is 83.8 Å². The van der Waals surface area contributed by atoms with E-state index in [0.29, 0.717) is 22.6 Å². The van der Waals surface area contributed by atoms with Gasteiger partial charge in [0.15, 0.2) is 0 Å². The lowest BCUT2D eigenvalue weighted by Gasteiger charge is -2.13. The number of nitrogens with zero attached hydrogens (tertiary/aromatic N) is 4. The topological polar surface area (TPSA) is 117 Å². The summed E-state index contributed by atoms with van der Waals surface area (Å²) in [5.41, 5.74) is 7.31. The predicted molar refractivity (Wildman–Crippen MR) is 153 cm³/mol. The molecule has 0 spiro atoms. The first kappa shape index (κ1) is 28.1. The van der Waals surface area contributed by atoms with Gasteiger partial charge in [-0.15, -0.1) is 0 Å². The first-order valence-corrected chi connectivity index (χ1v) is 12.6. The molecular formula is C30H25F3N6O3. The van der Waals surface area contributed by atoms with Crippen LogP contribution in [-0.4, -0.2) is 32.3 Å². The Bertz CT molecular complexity index is 1850. The number of aromatic nitrogens is 4. The van der Waals surface area contributed by atoms with Gasteiger partial charge in [0, 0.05) is 23.9 Å². The van der Waals surface area contributed by atoms with E-state index in [4.69, 9.17) is 10.5 Å². The van der Waals surface area contributed by atoms with Gasteiger partial charge in [0.25, 0.3) is 11.5 Å². The number of ether oxygens (including phenoxy) is 1. The van der Waals surface area contributed by atoms with Crippen LogP contribution < -0.4 is 21.3 Å². The quantitative estimate of drug-likeness (QED) is 0.278. The van der Waals surface area contributed by atoms with Gasteiger partial charge >= 0.3 is 6.18 Å². The summed E-state index contributed by atoms with van der Waals surface area (Å²) in [6.45, 7) is 1.69. The molecule has 3 aromatic carbocycles. The maximum absolute atomic E-state index is 13.4. The van der Waals surface area contributed by atoms with E-state index in [0.717, 1.165) is 12.1 Å². The highest BCUT2D eigenvalue weighted by atomic mass is 19.4. The molecule has 214 valence electrons. The van der Waals surface area contributed by atoms with Crippen LogP contribution in [0.25, 0.3) is 28.2 Å². The second-order valence-corrected chi connectivity index (χ2v) is 9.41. The van der Waals surface area contributed by atoms with E-state index in [1.54, 1.807) is 67.2 Å². The van der Waals surface area contributed by atoms with Crippen molar-refractivity contribution in [1.82, 2.24) is 19.3 Å². The lowest BCUT2D eigenvalue weighted by atomic mass is 10.1. The molecule has 5 aromatic rings. The van der Waals surface area contributed by atoms with E-state index in [-0.39, 0.29) is 34.1 Å². The van der Waals surface area contributed by atoms with Gasteiger partial charge in [0.1, 0.15) is 22.8 Å². The Hall–Kier alpha value is -5.39. The van der Waals surface area contributed by atoms with E-state index in [2.05, 4.69) is 15.3 Å². The molecule has 0 saturated carbocycles. The van der Waals surface area contributed by atoms with Crippen molar-refractivity contribution in [3.8, 4) is 34.0 Å². The molecule has 0 aliphatic carbocycles. The van der Waals surface area contributed by atoms with Crippen molar-refractivity contribution >= 4 is 17.4 Å². The molecule has 42 heavy (non-hydrogen) atoms. The number of carbonyl (C=O) groups is 1. The lowest BCUT2D eigenvalue weighted by Crippen LogP contribution is -2.25. The van der Waals surface area contributed by atoms with Gasteiger partial charge < -0.3 is 15.8 Å². The van der Waals surface area contributed by atoms with E-state index < -0.39 is 23.2 Å². The minimum Gasteiger partial charge on any atom is -0.497 e. The summed E-state index contributed by atoms with van der Waals surface area (Å²) in [5, 5.41) is 2.74. The maximum atomic E-state index is 13.4. The van der Waals surface area contributed by atoms with E-state index in [1.807, 2.05) is 6.07 Å². The monoisotopic (exact) mass is 574 g/mol. The third kappa shape index (κ3) is 5.33. The van der Waals surface area contributed by atoms with E-state index >= 15 is 0 Å². The Labute approximate surface area is 238 Å². The Morgan fingerprint density at radius 3 is 2.33 bits per heavy atom. The van der Waals surface area contributed by atoms with Gasteiger partial charge in [0.2, 0.25) is 0 Å². The fourth-order valence-electron chi connectivity index (χ4n) is 4.51. The normalized spacial score (nSPS) is 11.4. The number of carbonyl (C=O) groups excluding carboxylic acids is 1. The molecule has 2 heterocycles. The number of nitrogens with two attached hydrogens (primary N) is 1. The minimum atomic E-state index is -4.58. The molecule has 0 radical (unpaired) electrons. The molecule has 0 fully saturated rings. The summed E-state index contributed by atoms with van der Waals surface area (Å²) in [6.07, 6.45) is -3.30. The van der Waals surface area contributed by atoms with Crippen LogP contribution in [-0.2, 0) is 13.2 Å². The Morgan fingerprint density at radius 1 is 1.00 bits per heavy atom. The lowest BCUT2D eigenvalue weighted by molar-refractivity contribution is -0.137. The number of amides is 1. The number of hydrogen-bond donors (Lipinski definition) is 2. The number of nitrogens with one attached hydrogen (secondary N) is 1. The van der Waals surface area contributed by atoms with Gasteiger partial charge in [-0.1, -0.05) is 30.3 Å². The largest absolute Gasteiger partial charge is 0.497 e. The maximum Gasteiger partial charge on any atom is 0.416 e. The summed E-state index contributed by atoms with van der Waals surface area (Å²) < 4.78 is 48.4. The molecule has 0 aliphatic heterocycles. The van der Waals surface area contributed by atoms with Crippen LogP contribution in [0.4, 0.5) is 24.7 Å². The number of alkyl halides is 3. The minimum absolute atomic E-state index is 0.00440. The number of rotatable bonds is 6. The Balaban J connectivity index is 1.42. The molecule has 3 N–H and O–H groups in total. The van der Waals surface area contributed by atoms with Gasteiger partial charge in [-0.05, 0) is 49.4 Å². The van der Waals surface area contributed by atoms with Crippen molar-refractivity contribution in [2.24, 2.45) is 7.05 Å². The third-order valence-corrected chi connectivity index (χ3v) is 6.76. The number of anilines is 2. The number of methoxy groups -OCH3 is 1. The first-order valence-electron chi connectivity index (χ1n) is 12.6. The van der Waals surface area contributed by atoms with Gasteiger partial charge in [-0.25, -0.2) is 14.6 Å². The molecule has 0 saturated heterocycles. The zero-order valence-corrected chi connectivity index (χ0v) is 22.7. The van der Waals surface area contributed by atoms with Crippen LogP contribution in [0.5, 0.6) is 5.75 Å². The number of hydrogen-bond acceptors (Lipinski definition) is 6. The molecule has 0 aliphatic rings. The molecule has 9 nitrogen and oxygen atoms in total. The zero-order chi connectivity index (χ0) is 30.2. The Kier molecular flexibility index (Phi) is 7.29. The average molecular weight is 575 g/mol. The highest BCUT2D eigenvalue weighted by Crippen LogP contribution is 2.36. The summed E-state index contributed by atoms with van der Waals surface area (Å²) in [7, 11) is 2.97. The average Bonchev–Trinajstić information content (AvgIpc) is 3.20. The molecule has 0 atom stereocenters. The molecular weight excluding hydrogens is 549 g/mol. The van der Waals surface area contributed by atoms with Gasteiger partial charge in [-0.2, -0.15) is 13.2 Å². The number of nitrogen functional groups attached to an aromatic ring is 1. The molecule has 0 unspecified atom stereocenters. The van der Waals surface area contributed by atoms with Crippen molar-refractivity contribution in [2.45, 2.75) is 13.1 Å². The standard InChI is InChI=1S/C30H25F3N6O3/c1-17-25(29(41)39(38(17)2)22-7-5-4-6-8-22)28(40)36-21-11-9-18(10-12-21)26-27(34)35-16-24(37-26)19-13-20(30(31,32)33)15-23(14-19)42-3/h4-16H,1-3H3,(H2,34,35)(H,36,40). The van der Waals surface area contributed by atoms with Crippen molar-refractivity contribution < 1.29 is 22.7 Å². The van der Waals surface area contributed by atoms with Crippen LogP contribution in [0, 0.1) is 6.92 Å². The summed E-state index contributed by atoms with van der Waals surface area (Å²) >= 11 is 0. The molecule has 1 amide bonds. The van der Waals surface area contributed by atoms with Crippen molar-refractivity contribution in [2.75, 3.05) is 18.2 Å². The van der Waals surface area contributed by atoms with Crippen LogP contribution in [0.3, 0.4) is 0 Å². The smallest absolute Gasteiger partial charge is 0.416 e. The summed E-state index contributed by atoms with van der Waals surface area (Å²) in [4.78, 5) is 34.9. The first-order chi connectivity index (χ1) is 20.0. The molecule has 12 heteroatoms. The van der Waals surface area contributed by atoms with Crippen molar-refractivity contribution in [3.63, 3.8) is 0 Å². The summed E-state index contributed by atoms with van der Waals surface area (Å²) in [5.74, 6) is -0.490. The highest BCUT2D eigenvalue weighted by molar-refractivity contribution is 6.05. The SMILES string of the molecule is COc1cc(-c2cnc(N)c(-c3ccc(NC(=O)c4c(C)n(C)n(-c5ccccc5)c4=O)cc3)n2)cc(C(F)(F)F)c1. The van der Waals surface area contributed by atoms with Crippen LogP contribution in [0.2, 0.25) is 0 Å². The number of halogens is 3. The second kappa shape index (κ2) is 10.9. The fraction of sp³-hybridized carbons (Fsp3) is 0.133. The second-order valence-electron chi connectivity index (χ2n) is 9.41.